The number of sulfonamides is 1. The van der Waals surface area contributed by atoms with Gasteiger partial charge in [0.05, 0.1) is 6.20 Å². The molecule has 3 heterocycles. The van der Waals surface area contributed by atoms with Gasteiger partial charge in [-0.25, -0.2) is 18.1 Å². The van der Waals surface area contributed by atoms with Crippen molar-refractivity contribution >= 4 is 32.0 Å². The number of hydrogen-bond donors (Lipinski definition) is 2. The van der Waals surface area contributed by atoms with Gasteiger partial charge in [-0.05, 0) is 42.5 Å². The van der Waals surface area contributed by atoms with Crippen LogP contribution in [0.2, 0.25) is 0 Å². The van der Waals surface area contributed by atoms with Crippen molar-refractivity contribution < 1.29 is 12.9 Å². The first-order valence-electron chi connectivity index (χ1n) is 8.72. The van der Waals surface area contributed by atoms with Gasteiger partial charge < -0.3 is 4.52 Å². The van der Waals surface area contributed by atoms with Crippen LogP contribution in [0.4, 0.5) is 0 Å². The third kappa shape index (κ3) is 2.98. The summed E-state index contributed by atoms with van der Waals surface area (Å²) < 4.78 is 33.4. The minimum Gasteiger partial charge on any atom is -0.356 e. The molecule has 27 heavy (non-hydrogen) atoms. The second-order valence-electron chi connectivity index (χ2n) is 6.84. The molecule has 0 aliphatic heterocycles. The molecule has 1 aliphatic rings. The van der Waals surface area contributed by atoms with Crippen LogP contribution in [0, 0.1) is 0 Å². The Kier molecular flexibility index (Phi) is 3.73. The van der Waals surface area contributed by atoms with Gasteiger partial charge in [0.25, 0.3) is 0 Å². The van der Waals surface area contributed by atoms with E-state index in [4.69, 9.17) is 4.52 Å². The Morgan fingerprint density at radius 3 is 3.04 bits per heavy atom. The fourth-order valence-corrected chi connectivity index (χ4v) is 5.13. The number of hydrogen-bond acceptors (Lipinski definition) is 6. The Morgan fingerprint density at radius 2 is 2.11 bits per heavy atom. The third-order valence-electron chi connectivity index (χ3n) is 5.02. The molecular weight excluding hydrogens is 366 g/mol. The topological polar surface area (TPSA) is 114 Å². The van der Waals surface area contributed by atoms with Gasteiger partial charge >= 0.3 is 0 Å². The summed E-state index contributed by atoms with van der Waals surface area (Å²) in [7, 11) is -3.54. The van der Waals surface area contributed by atoms with E-state index in [-0.39, 0.29) is 11.8 Å². The van der Waals surface area contributed by atoms with Crippen LogP contribution in [-0.2, 0) is 28.6 Å². The van der Waals surface area contributed by atoms with Crippen LogP contribution in [0.25, 0.3) is 22.0 Å². The molecule has 0 amide bonds. The van der Waals surface area contributed by atoms with E-state index in [1.165, 1.54) is 5.56 Å². The summed E-state index contributed by atoms with van der Waals surface area (Å²) in [5, 5.41) is 12.6. The van der Waals surface area contributed by atoms with E-state index in [0.717, 1.165) is 34.8 Å². The lowest BCUT2D eigenvalue weighted by molar-refractivity contribution is 0.447. The zero-order chi connectivity index (χ0) is 18.4. The average Bonchev–Trinajstić information content (AvgIpc) is 3.28. The number of aromatic nitrogens is 4. The third-order valence-corrected chi connectivity index (χ3v) is 6.36. The monoisotopic (exact) mass is 383 g/mol. The molecule has 0 saturated carbocycles. The van der Waals surface area contributed by atoms with E-state index < -0.39 is 10.0 Å². The van der Waals surface area contributed by atoms with E-state index in [2.05, 4.69) is 25.1 Å². The highest BCUT2D eigenvalue weighted by Crippen LogP contribution is 2.27. The second kappa shape index (κ2) is 6.14. The van der Waals surface area contributed by atoms with Gasteiger partial charge in [-0.2, -0.15) is 5.10 Å². The molecule has 1 unspecified atom stereocenters. The number of nitrogens with zero attached hydrogens (tertiary/aromatic N) is 3. The largest absolute Gasteiger partial charge is 0.356 e. The number of benzene rings is 1. The normalized spacial score (nSPS) is 17.4. The SMILES string of the molecule is O=S(=O)(Cc1noc2ccccc12)NC1CCc2c(cnc3[nH]ncc23)C1. The van der Waals surface area contributed by atoms with E-state index in [9.17, 15) is 8.42 Å². The molecule has 0 spiro atoms. The number of aromatic amines is 1. The minimum absolute atomic E-state index is 0.160. The molecule has 138 valence electrons. The zero-order valence-electron chi connectivity index (χ0n) is 14.3. The van der Waals surface area contributed by atoms with Gasteiger partial charge in [-0.15, -0.1) is 0 Å². The number of H-pyrrole nitrogens is 1. The number of nitrogens with one attached hydrogen (secondary N) is 2. The molecule has 0 saturated heterocycles. The van der Waals surface area contributed by atoms with Crippen LogP contribution in [0.15, 0.2) is 41.2 Å². The van der Waals surface area contributed by atoms with E-state index in [0.29, 0.717) is 17.7 Å². The first kappa shape index (κ1) is 16.4. The summed E-state index contributed by atoms with van der Waals surface area (Å²) in [5.74, 6) is -0.202. The Balaban J connectivity index is 1.35. The minimum atomic E-state index is -3.54. The number of rotatable bonds is 4. The zero-order valence-corrected chi connectivity index (χ0v) is 15.2. The van der Waals surface area contributed by atoms with Crippen molar-refractivity contribution in [3.63, 3.8) is 0 Å². The summed E-state index contributed by atoms with van der Waals surface area (Å²) in [4.78, 5) is 4.36. The molecule has 0 bridgehead atoms. The average molecular weight is 383 g/mol. The maximum absolute atomic E-state index is 12.7. The molecule has 1 aliphatic carbocycles. The molecule has 0 radical (unpaired) electrons. The van der Waals surface area contributed by atoms with Crippen molar-refractivity contribution in [2.75, 3.05) is 0 Å². The summed E-state index contributed by atoms with van der Waals surface area (Å²) in [6.45, 7) is 0. The quantitative estimate of drug-likeness (QED) is 0.558. The first-order valence-corrected chi connectivity index (χ1v) is 10.4. The highest BCUT2D eigenvalue weighted by Gasteiger charge is 2.26. The molecule has 8 nitrogen and oxygen atoms in total. The summed E-state index contributed by atoms with van der Waals surface area (Å²) in [5.41, 5.74) is 4.05. The predicted molar refractivity (Wildman–Crippen MR) is 99.5 cm³/mol. The van der Waals surface area contributed by atoms with Crippen molar-refractivity contribution in [1.29, 1.82) is 0 Å². The van der Waals surface area contributed by atoms with Crippen LogP contribution < -0.4 is 4.72 Å². The lowest BCUT2D eigenvalue weighted by atomic mass is 9.88. The summed E-state index contributed by atoms with van der Waals surface area (Å²) in [6, 6.07) is 7.09. The van der Waals surface area contributed by atoms with Crippen molar-refractivity contribution in [2.45, 2.75) is 31.1 Å². The highest BCUT2D eigenvalue weighted by molar-refractivity contribution is 7.88. The standard InChI is InChI=1S/C18H17N5O3S/c24-27(25,10-16-14-3-1-2-4-17(14)26-22-16)23-12-5-6-13-11(7-12)8-19-18-15(13)9-20-21-18/h1-4,8-9,12,23H,5-7,10H2,(H,19,20,21). The predicted octanol–water partition coefficient (Wildman–Crippen LogP) is 2.08. The van der Waals surface area contributed by atoms with Crippen LogP contribution >= 0.6 is 0 Å². The maximum Gasteiger partial charge on any atom is 0.217 e. The molecule has 0 fully saturated rings. The number of aryl methyl sites for hydroxylation is 1. The lowest BCUT2D eigenvalue weighted by Crippen LogP contribution is -2.39. The maximum atomic E-state index is 12.7. The fourth-order valence-electron chi connectivity index (χ4n) is 3.77. The van der Waals surface area contributed by atoms with Gasteiger partial charge in [0.1, 0.15) is 11.4 Å². The Labute approximate surface area is 155 Å². The van der Waals surface area contributed by atoms with Crippen molar-refractivity contribution in [3.8, 4) is 0 Å². The van der Waals surface area contributed by atoms with Gasteiger partial charge in [-0.3, -0.25) is 5.10 Å². The van der Waals surface area contributed by atoms with Gasteiger partial charge in [-0.1, -0.05) is 17.3 Å². The molecular formula is C18H17N5O3S. The van der Waals surface area contributed by atoms with Gasteiger partial charge in [0, 0.05) is 23.0 Å². The first-order chi connectivity index (χ1) is 13.1. The van der Waals surface area contributed by atoms with Crippen LogP contribution in [0.3, 0.4) is 0 Å². The highest BCUT2D eigenvalue weighted by atomic mass is 32.2. The van der Waals surface area contributed by atoms with Crippen molar-refractivity contribution in [2.24, 2.45) is 0 Å². The van der Waals surface area contributed by atoms with Crippen molar-refractivity contribution in [3.05, 3.63) is 53.5 Å². The lowest BCUT2D eigenvalue weighted by Gasteiger charge is -2.25. The van der Waals surface area contributed by atoms with Gasteiger partial charge in [0.15, 0.2) is 11.2 Å². The van der Waals surface area contributed by atoms with Gasteiger partial charge in [0.2, 0.25) is 10.0 Å². The molecule has 5 rings (SSSR count). The fraction of sp³-hybridized carbons (Fsp3) is 0.278. The van der Waals surface area contributed by atoms with E-state index in [1.807, 2.05) is 18.2 Å². The van der Waals surface area contributed by atoms with Crippen LogP contribution in [0.5, 0.6) is 0 Å². The molecule has 2 N–H and O–H groups in total. The van der Waals surface area contributed by atoms with Crippen molar-refractivity contribution in [1.82, 2.24) is 25.1 Å². The van der Waals surface area contributed by atoms with E-state index >= 15 is 0 Å². The smallest absolute Gasteiger partial charge is 0.217 e. The summed E-state index contributed by atoms with van der Waals surface area (Å²) >= 11 is 0. The Bertz CT molecular complexity index is 1240. The van der Waals surface area contributed by atoms with E-state index in [1.54, 1.807) is 18.5 Å². The molecule has 3 aromatic heterocycles. The van der Waals surface area contributed by atoms with Crippen LogP contribution in [0.1, 0.15) is 23.2 Å². The Morgan fingerprint density at radius 1 is 1.22 bits per heavy atom. The second-order valence-corrected chi connectivity index (χ2v) is 8.59. The molecule has 1 aromatic carbocycles. The van der Waals surface area contributed by atoms with Crippen LogP contribution in [-0.4, -0.2) is 34.8 Å². The number of para-hydroxylation sites is 1. The molecule has 1 atom stereocenters. The number of fused-ring (bicyclic) bond motifs is 4. The number of pyridine rings is 1. The molecule has 9 heteroatoms. The molecule has 4 aromatic rings. The summed E-state index contributed by atoms with van der Waals surface area (Å²) in [6.07, 6.45) is 5.72. The Hall–Kier alpha value is -2.78.